The minimum atomic E-state index is -0.498. The fourth-order valence-corrected chi connectivity index (χ4v) is 4.32. The summed E-state index contributed by atoms with van der Waals surface area (Å²) in [6.45, 7) is 10.4. The number of unbranched alkanes of at least 4 members (excludes halogenated alkanes) is 1. The summed E-state index contributed by atoms with van der Waals surface area (Å²) in [7, 11) is 3.11. The van der Waals surface area contributed by atoms with Crippen LogP contribution in [0, 0.1) is 5.41 Å². The molecular weight excluding hydrogens is 452 g/mol. The van der Waals surface area contributed by atoms with Crippen molar-refractivity contribution in [1.29, 1.82) is 0 Å². The van der Waals surface area contributed by atoms with Crippen LogP contribution in [0.1, 0.15) is 40.5 Å². The van der Waals surface area contributed by atoms with Gasteiger partial charge in [0.25, 0.3) is 0 Å². The molecule has 7 heteroatoms. The van der Waals surface area contributed by atoms with Crippen LogP contribution < -0.4 is 9.64 Å². The molecule has 0 fully saturated rings. The molecule has 3 rings (SSSR count). The van der Waals surface area contributed by atoms with Crippen molar-refractivity contribution in [1.82, 2.24) is 4.31 Å². The number of nitrogens with zero attached hydrogens (tertiary/aromatic N) is 2. The summed E-state index contributed by atoms with van der Waals surface area (Å²) in [6, 6.07) is 14.8. The molecule has 184 valence electrons. The third-order valence-electron chi connectivity index (χ3n) is 4.92. The van der Waals surface area contributed by atoms with E-state index >= 15 is 0 Å². The molecule has 0 atom stereocenters. The number of carbonyl (C=O) groups is 1. The Labute approximate surface area is 209 Å². The fourth-order valence-electron chi connectivity index (χ4n) is 2.84. The van der Waals surface area contributed by atoms with E-state index in [1.807, 2.05) is 19.9 Å². The predicted octanol–water partition coefficient (Wildman–Crippen LogP) is 6.52. The summed E-state index contributed by atoms with van der Waals surface area (Å²) in [5.41, 5.74) is 1.89. The molecule has 1 N–H and O–H groups in total. The molecule has 5 nitrogen and oxygen atoms in total. The summed E-state index contributed by atoms with van der Waals surface area (Å²) in [5, 5.41) is 7.00. The zero-order chi connectivity index (χ0) is 24.9. The first-order valence-electron chi connectivity index (χ1n) is 11.3. The molecule has 0 radical (unpaired) electrons. The molecule has 1 aliphatic heterocycles. The Balaban J connectivity index is 0.000000820. The summed E-state index contributed by atoms with van der Waals surface area (Å²) in [5.74, 6) is 0.840. The molecule has 0 amide bonds. The molecule has 2 aromatic rings. The average molecular weight is 493 g/mol. The van der Waals surface area contributed by atoms with Crippen molar-refractivity contribution in [3.05, 3.63) is 42.5 Å². The van der Waals surface area contributed by atoms with Gasteiger partial charge < -0.3 is 19.5 Å². The molecule has 0 saturated carbocycles. The van der Waals surface area contributed by atoms with E-state index in [4.69, 9.17) is 9.84 Å². The number of ether oxygens (including phenoxy) is 1. The highest BCUT2D eigenvalue weighted by molar-refractivity contribution is 7.98. The number of benzene rings is 2. The van der Waals surface area contributed by atoms with Crippen LogP contribution in [0.3, 0.4) is 0 Å². The number of thioether (sulfide) groups is 1. The zero-order valence-corrected chi connectivity index (χ0v) is 22.8. The van der Waals surface area contributed by atoms with Gasteiger partial charge in [0.15, 0.2) is 0 Å². The molecule has 0 bridgehead atoms. The Morgan fingerprint density at radius 1 is 1.12 bits per heavy atom. The first kappa shape index (κ1) is 29.4. The lowest BCUT2D eigenvalue weighted by molar-refractivity contribution is -0.116. The zero-order valence-electron chi connectivity index (χ0n) is 21.1. The quantitative estimate of drug-likeness (QED) is 0.268. The molecule has 33 heavy (non-hydrogen) atoms. The van der Waals surface area contributed by atoms with Crippen molar-refractivity contribution in [3.63, 3.8) is 0 Å². The third kappa shape index (κ3) is 9.24. The van der Waals surface area contributed by atoms with Crippen molar-refractivity contribution in [2.45, 2.75) is 50.3 Å². The van der Waals surface area contributed by atoms with Crippen LogP contribution >= 0.6 is 23.7 Å². The maximum atomic E-state index is 11.2. The van der Waals surface area contributed by atoms with Gasteiger partial charge in [-0.3, -0.25) is 0 Å². The number of rotatable bonds is 7. The van der Waals surface area contributed by atoms with Crippen molar-refractivity contribution in [2.75, 3.05) is 45.0 Å². The minimum absolute atomic E-state index is 0.367. The van der Waals surface area contributed by atoms with E-state index in [0.29, 0.717) is 6.61 Å². The topological polar surface area (TPSA) is 53.0 Å². The van der Waals surface area contributed by atoms with Crippen LogP contribution in [0.25, 0.3) is 0 Å². The van der Waals surface area contributed by atoms with Crippen LogP contribution in [0.2, 0.25) is 0 Å². The van der Waals surface area contributed by atoms with E-state index in [9.17, 15) is 4.79 Å². The Bertz CT molecular complexity index is 830. The second kappa shape index (κ2) is 15.3. The Hall–Kier alpha value is -1.67. The highest BCUT2D eigenvalue weighted by atomic mass is 32.2. The van der Waals surface area contributed by atoms with Gasteiger partial charge in [0.1, 0.15) is 12.0 Å². The number of aliphatic hydroxyl groups excluding tert-OH is 1. The Kier molecular flexibility index (Phi) is 13.6. The van der Waals surface area contributed by atoms with E-state index in [1.54, 1.807) is 23.7 Å². The van der Waals surface area contributed by atoms with E-state index in [-0.39, 0.29) is 0 Å². The molecule has 0 unspecified atom stereocenters. The summed E-state index contributed by atoms with van der Waals surface area (Å²) in [4.78, 5) is 15.8. The first-order valence-corrected chi connectivity index (χ1v) is 13.3. The maximum absolute atomic E-state index is 11.2. The summed E-state index contributed by atoms with van der Waals surface area (Å²) >= 11 is 3.40. The van der Waals surface area contributed by atoms with Gasteiger partial charge >= 0.3 is 0 Å². The van der Waals surface area contributed by atoms with Gasteiger partial charge in [-0.15, -0.1) is 11.8 Å². The van der Waals surface area contributed by atoms with Crippen LogP contribution in [-0.2, 0) is 4.79 Å². The summed E-state index contributed by atoms with van der Waals surface area (Å²) < 4.78 is 8.31. The number of aliphatic hydroxyl groups is 1. The van der Waals surface area contributed by atoms with E-state index in [0.717, 1.165) is 42.0 Å². The second-order valence-corrected chi connectivity index (χ2v) is 10.4. The van der Waals surface area contributed by atoms with Crippen molar-refractivity contribution < 1.29 is 14.6 Å². The number of carbonyl (C=O) groups excluding carboxylic acids is 1. The van der Waals surface area contributed by atoms with Gasteiger partial charge in [-0.1, -0.05) is 44.9 Å². The number of hydrogen-bond donors (Lipinski definition) is 1. The predicted molar refractivity (Wildman–Crippen MR) is 144 cm³/mol. The van der Waals surface area contributed by atoms with Crippen LogP contribution in [0.4, 0.5) is 11.4 Å². The van der Waals surface area contributed by atoms with Gasteiger partial charge in [-0.2, -0.15) is 0 Å². The Morgan fingerprint density at radius 2 is 1.76 bits per heavy atom. The van der Waals surface area contributed by atoms with Crippen molar-refractivity contribution in [3.8, 4) is 5.75 Å². The lowest BCUT2D eigenvalue weighted by Gasteiger charge is -2.26. The van der Waals surface area contributed by atoms with E-state index in [2.05, 4.69) is 72.8 Å². The molecule has 2 aromatic carbocycles. The molecule has 0 aliphatic carbocycles. The second-order valence-electron chi connectivity index (χ2n) is 8.30. The third-order valence-corrected chi connectivity index (χ3v) is 6.69. The lowest BCUT2D eigenvalue weighted by atomic mass is 9.98. The number of likely N-dealkylation sites (N-methyl/N-ethyl adjacent to an activating group) is 1. The van der Waals surface area contributed by atoms with Crippen LogP contribution in [0.15, 0.2) is 52.3 Å². The smallest absolute Gasteiger partial charge is 0.134 e. The summed E-state index contributed by atoms with van der Waals surface area (Å²) in [6.07, 6.45) is 5.65. The molecule has 1 aliphatic rings. The Morgan fingerprint density at radius 3 is 2.30 bits per heavy atom. The van der Waals surface area contributed by atoms with Crippen LogP contribution in [-0.4, -0.2) is 55.8 Å². The van der Waals surface area contributed by atoms with Crippen LogP contribution in [0.5, 0.6) is 5.75 Å². The first-order chi connectivity index (χ1) is 15.8. The maximum Gasteiger partial charge on any atom is 0.134 e. The fraction of sp³-hybridized carbons (Fsp3) is 0.500. The number of para-hydroxylation sites is 1. The van der Waals surface area contributed by atoms with Gasteiger partial charge in [0, 0.05) is 25.9 Å². The van der Waals surface area contributed by atoms with Crippen molar-refractivity contribution >= 4 is 41.4 Å². The molecule has 0 saturated heterocycles. The number of aldehydes is 1. The lowest BCUT2D eigenvalue weighted by Crippen LogP contribution is -2.24. The van der Waals surface area contributed by atoms with Gasteiger partial charge in [0.2, 0.25) is 0 Å². The van der Waals surface area contributed by atoms with E-state index in [1.165, 1.54) is 24.2 Å². The highest BCUT2D eigenvalue weighted by Crippen LogP contribution is 2.44. The SMILES string of the molecule is CCCC.CO.CSc1cc2c(cc1OCC(C)(C)C=O)SN(C)CCN2c1ccccc1. The number of hydrogen-bond acceptors (Lipinski definition) is 7. The largest absolute Gasteiger partial charge is 0.491 e. The highest BCUT2D eigenvalue weighted by Gasteiger charge is 2.24. The normalized spacial score (nSPS) is 13.5. The average Bonchev–Trinajstić information content (AvgIpc) is 3.01. The standard InChI is InChI=1S/C21H26N2O2S2.C4H10.CH4O/c1-21(2,14-24)15-25-18-13-19-17(12-20(18)26-4)23(11-10-22(3)27-19)16-8-6-5-7-9-16;1-3-4-2;1-2/h5-9,12-14H,10-11,15H2,1-4H3;3-4H2,1-2H3;2H,1H3. The molecular formula is C26H40N2O3S2. The van der Waals surface area contributed by atoms with Gasteiger partial charge in [-0.05, 0) is 63.4 Å². The van der Waals surface area contributed by atoms with Gasteiger partial charge in [-0.25, -0.2) is 4.31 Å². The van der Waals surface area contributed by atoms with Gasteiger partial charge in [0.05, 0.1) is 27.5 Å². The molecule has 0 aromatic heterocycles. The molecule has 0 spiro atoms. The monoisotopic (exact) mass is 492 g/mol. The van der Waals surface area contributed by atoms with Crippen molar-refractivity contribution in [2.24, 2.45) is 5.41 Å². The number of fused-ring (bicyclic) bond motifs is 1. The van der Waals surface area contributed by atoms with E-state index < -0.39 is 5.41 Å². The number of anilines is 2. The molecule has 1 heterocycles. The minimum Gasteiger partial charge on any atom is -0.491 e.